The minimum atomic E-state index is -3.21. The standard InChI is InChI=1S/C33H58O6P2/c1-5-36-40(34,38-26(3)30-13-9-7-10-14-30)32-21-17-28(18-22-32)25-29-19-23-33(24-20-29)41(35,37-6-2)39-27(4)31-15-11-8-12-16-31/h28-33H,3-25H2,1-2H3. The molecule has 4 saturated carbocycles. The van der Waals surface area contributed by atoms with E-state index in [9.17, 15) is 9.13 Å². The van der Waals surface area contributed by atoms with Crippen molar-refractivity contribution in [1.82, 2.24) is 0 Å². The van der Waals surface area contributed by atoms with Gasteiger partial charge in [-0.1, -0.05) is 51.7 Å². The normalized spacial score (nSPS) is 31.5. The van der Waals surface area contributed by atoms with Crippen LogP contribution in [0.5, 0.6) is 0 Å². The topological polar surface area (TPSA) is 71.1 Å². The molecule has 0 radical (unpaired) electrons. The lowest BCUT2D eigenvalue weighted by atomic mass is 9.77. The van der Waals surface area contributed by atoms with Crippen LogP contribution < -0.4 is 0 Å². The van der Waals surface area contributed by atoms with Crippen molar-refractivity contribution in [3.63, 3.8) is 0 Å². The van der Waals surface area contributed by atoms with E-state index in [0.29, 0.717) is 48.4 Å². The van der Waals surface area contributed by atoms with E-state index < -0.39 is 15.2 Å². The molecule has 4 aliphatic rings. The Morgan fingerprint density at radius 2 is 0.902 bits per heavy atom. The van der Waals surface area contributed by atoms with Crippen molar-refractivity contribution in [3.8, 4) is 0 Å². The second-order valence-corrected chi connectivity index (χ2v) is 17.8. The van der Waals surface area contributed by atoms with Gasteiger partial charge in [-0.15, -0.1) is 0 Å². The third kappa shape index (κ3) is 9.23. The Bertz CT molecular complexity index is 848. The van der Waals surface area contributed by atoms with Gasteiger partial charge in [0.05, 0.1) is 24.5 Å². The van der Waals surface area contributed by atoms with E-state index >= 15 is 0 Å². The van der Waals surface area contributed by atoms with E-state index in [1.807, 2.05) is 13.8 Å². The van der Waals surface area contributed by atoms with Gasteiger partial charge in [0, 0.05) is 11.8 Å². The molecule has 4 fully saturated rings. The van der Waals surface area contributed by atoms with Crippen LogP contribution in [0, 0.1) is 23.7 Å². The fourth-order valence-corrected chi connectivity index (χ4v) is 12.3. The Morgan fingerprint density at radius 1 is 0.561 bits per heavy atom. The van der Waals surface area contributed by atoms with Gasteiger partial charge in [-0.3, -0.25) is 9.05 Å². The number of hydrogen-bond donors (Lipinski definition) is 0. The summed E-state index contributed by atoms with van der Waals surface area (Å²) in [6.45, 7) is 13.0. The van der Waals surface area contributed by atoms with Crippen molar-refractivity contribution in [2.24, 2.45) is 23.7 Å². The highest BCUT2D eigenvalue weighted by Crippen LogP contribution is 2.62. The van der Waals surface area contributed by atoms with Crippen LogP contribution in [0.25, 0.3) is 0 Å². The van der Waals surface area contributed by atoms with E-state index in [2.05, 4.69) is 13.2 Å². The van der Waals surface area contributed by atoms with Crippen LogP contribution in [0.3, 0.4) is 0 Å². The summed E-state index contributed by atoms with van der Waals surface area (Å²) in [4.78, 5) is 0. The Labute approximate surface area is 250 Å². The summed E-state index contributed by atoms with van der Waals surface area (Å²) < 4.78 is 51.9. The van der Waals surface area contributed by atoms with Gasteiger partial charge in [-0.05, 0) is 109 Å². The molecule has 2 atom stereocenters. The minimum Gasteiger partial charge on any atom is -0.429 e. The molecule has 0 aliphatic heterocycles. The third-order valence-electron chi connectivity index (χ3n) is 10.4. The van der Waals surface area contributed by atoms with Crippen LogP contribution in [-0.2, 0) is 27.2 Å². The van der Waals surface area contributed by atoms with Crippen LogP contribution in [0.2, 0.25) is 0 Å². The van der Waals surface area contributed by atoms with Gasteiger partial charge in [0.15, 0.2) is 0 Å². The van der Waals surface area contributed by atoms with E-state index in [1.165, 1.54) is 44.9 Å². The molecule has 6 nitrogen and oxygen atoms in total. The molecule has 0 aromatic carbocycles. The van der Waals surface area contributed by atoms with Crippen LogP contribution in [-0.4, -0.2) is 24.5 Å². The Balaban J connectivity index is 1.24. The summed E-state index contributed by atoms with van der Waals surface area (Å²) in [7, 11) is -6.42. The average Bonchev–Trinajstić information content (AvgIpc) is 2.99. The molecule has 0 aromatic heterocycles. The predicted octanol–water partition coefficient (Wildman–Crippen LogP) is 11.2. The van der Waals surface area contributed by atoms with E-state index in [1.54, 1.807) is 0 Å². The lowest BCUT2D eigenvalue weighted by molar-refractivity contribution is 0.187. The maximum absolute atomic E-state index is 13.9. The van der Waals surface area contributed by atoms with Crippen molar-refractivity contribution in [3.05, 3.63) is 24.7 Å². The minimum absolute atomic E-state index is 0.0266. The summed E-state index contributed by atoms with van der Waals surface area (Å²) in [6.07, 6.45) is 20.7. The van der Waals surface area contributed by atoms with Crippen molar-refractivity contribution in [2.45, 2.75) is 147 Å². The highest BCUT2D eigenvalue weighted by atomic mass is 31.2. The Morgan fingerprint density at radius 3 is 1.22 bits per heavy atom. The molecule has 0 bridgehead atoms. The van der Waals surface area contributed by atoms with Gasteiger partial charge >= 0.3 is 15.2 Å². The fourth-order valence-electron chi connectivity index (χ4n) is 7.96. The number of allylic oxidation sites excluding steroid dienone is 2. The van der Waals surface area contributed by atoms with Crippen LogP contribution in [0.1, 0.15) is 136 Å². The molecular formula is C33H58O6P2. The van der Waals surface area contributed by atoms with E-state index in [4.69, 9.17) is 18.1 Å². The smallest absolute Gasteiger partial charge is 0.381 e. The molecule has 4 rings (SSSR count). The van der Waals surface area contributed by atoms with Gasteiger partial charge < -0.3 is 9.05 Å². The fraction of sp³-hybridized carbons (Fsp3) is 0.879. The number of rotatable bonds is 14. The molecule has 0 heterocycles. The maximum Gasteiger partial charge on any atom is 0.381 e. The molecule has 0 spiro atoms. The van der Waals surface area contributed by atoms with Gasteiger partial charge in [0.25, 0.3) is 0 Å². The lowest BCUT2D eigenvalue weighted by Crippen LogP contribution is -2.26. The molecular weight excluding hydrogens is 554 g/mol. The first kappa shape index (κ1) is 33.4. The summed E-state index contributed by atoms with van der Waals surface area (Å²) in [6, 6.07) is 0. The SMILES string of the molecule is C=C(OP(=O)(OCC)C1CCC(CC2CCC(P(=O)(OCC)OC(=C)C3CCCCC3)CC2)CC1)C1CCCCC1. The highest BCUT2D eigenvalue weighted by Gasteiger charge is 2.43. The summed E-state index contributed by atoms with van der Waals surface area (Å²) in [5.74, 6) is 3.30. The molecule has 0 amide bonds. The first-order valence-corrected chi connectivity index (χ1v) is 20.2. The highest BCUT2D eigenvalue weighted by molar-refractivity contribution is 7.55. The zero-order valence-corrected chi connectivity index (χ0v) is 27.9. The molecule has 8 heteroatoms. The van der Waals surface area contributed by atoms with Gasteiger partial charge in [0.1, 0.15) is 11.5 Å². The second-order valence-electron chi connectivity index (χ2n) is 13.3. The summed E-state index contributed by atoms with van der Waals surface area (Å²) >= 11 is 0. The molecule has 4 aliphatic carbocycles. The van der Waals surface area contributed by atoms with Crippen molar-refractivity contribution < 1.29 is 27.2 Å². The molecule has 236 valence electrons. The largest absolute Gasteiger partial charge is 0.429 e. The first-order chi connectivity index (χ1) is 19.8. The van der Waals surface area contributed by atoms with Crippen molar-refractivity contribution in [1.29, 1.82) is 0 Å². The zero-order chi connectivity index (χ0) is 29.3. The summed E-state index contributed by atoms with van der Waals surface area (Å²) in [5.41, 5.74) is -0.0532. The molecule has 41 heavy (non-hydrogen) atoms. The monoisotopic (exact) mass is 612 g/mol. The maximum atomic E-state index is 13.9. The summed E-state index contributed by atoms with van der Waals surface area (Å²) in [5, 5.41) is 0. The lowest BCUT2D eigenvalue weighted by Gasteiger charge is -2.37. The first-order valence-electron chi connectivity index (χ1n) is 17.0. The molecule has 0 N–H and O–H groups in total. The van der Waals surface area contributed by atoms with E-state index in [-0.39, 0.29) is 11.3 Å². The zero-order valence-electron chi connectivity index (χ0n) is 26.1. The van der Waals surface area contributed by atoms with Crippen molar-refractivity contribution in [2.75, 3.05) is 13.2 Å². The third-order valence-corrected chi connectivity index (χ3v) is 15.5. The number of hydrogen-bond acceptors (Lipinski definition) is 6. The quantitative estimate of drug-likeness (QED) is 0.144. The van der Waals surface area contributed by atoms with Crippen LogP contribution >= 0.6 is 15.2 Å². The second kappa shape index (κ2) is 16.0. The molecule has 0 aromatic rings. The van der Waals surface area contributed by atoms with Crippen LogP contribution in [0.4, 0.5) is 0 Å². The Kier molecular flexibility index (Phi) is 13.0. The van der Waals surface area contributed by atoms with Gasteiger partial charge in [-0.25, -0.2) is 9.13 Å². The predicted molar refractivity (Wildman–Crippen MR) is 168 cm³/mol. The molecule has 0 saturated heterocycles. The average molecular weight is 613 g/mol. The van der Waals surface area contributed by atoms with Crippen molar-refractivity contribution >= 4 is 15.2 Å². The van der Waals surface area contributed by atoms with Crippen LogP contribution in [0.15, 0.2) is 24.7 Å². The van der Waals surface area contributed by atoms with Gasteiger partial charge in [-0.2, -0.15) is 0 Å². The van der Waals surface area contributed by atoms with Gasteiger partial charge in [0.2, 0.25) is 0 Å². The van der Waals surface area contributed by atoms with E-state index in [0.717, 1.165) is 77.0 Å². The Hall–Kier alpha value is -0.540. The molecule has 2 unspecified atom stereocenters.